The Bertz CT molecular complexity index is 982. The third kappa shape index (κ3) is 1.62. The van der Waals surface area contributed by atoms with Crippen LogP contribution in [0, 0.1) is 0 Å². The van der Waals surface area contributed by atoms with Crippen LogP contribution in [0.15, 0.2) is 70.3 Å². The zero-order valence-electron chi connectivity index (χ0n) is 10.5. The molecule has 0 radical (unpaired) electrons. The Labute approximate surface area is 113 Å². The molecule has 0 unspecified atom stereocenters. The van der Waals surface area contributed by atoms with Crippen molar-refractivity contribution in [1.82, 2.24) is 9.38 Å². The molecule has 1 aromatic carbocycles. The first-order chi connectivity index (χ1) is 9.81. The van der Waals surface area contributed by atoms with Gasteiger partial charge in [0.25, 0.3) is 0 Å². The first-order valence-electron chi connectivity index (χ1n) is 6.27. The van der Waals surface area contributed by atoms with Gasteiger partial charge in [-0.15, -0.1) is 0 Å². The highest BCUT2D eigenvalue weighted by molar-refractivity contribution is 5.78. The van der Waals surface area contributed by atoms with Gasteiger partial charge in [-0.2, -0.15) is 0 Å². The van der Waals surface area contributed by atoms with E-state index >= 15 is 0 Å². The topological polar surface area (TPSA) is 47.5 Å². The van der Waals surface area contributed by atoms with E-state index in [1.54, 1.807) is 18.5 Å². The summed E-state index contributed by atoms with van der Waals surface area (Å²) >= 11 is 0. The lowest BCUT2D eigenvalue weighted by Crippen LogP contribution is -2.00. The van der Waals surface area contributed by atoms with E-state index in [0.717, 1.165) is 5.52 Å². The molecule has 4 aromatic rings. The minimum atomic E-state index is -0.0566. The Morgan fingerprint density at radius 3 is 2.90 bits per heavy atom. The second kappa shape index (κ2) is 4.06. The van der Waals surface area contributed by atoms with Crippen LogP contribution in [0.2, 0.25) is 0 Å². The van der Waals surface area contributed by atoms with Crippen LogP contribution < -0.4 is 5.43 Å². The highest BCUT2D eigenvalue weighted by atomic mass is 16.3. The normalized spacial score (nSPS) is 11.2. The number of benzene rings is 1. The molecule has 0 bridgehead atoms. The summed E-state index contributed by atoms with van der Waals surface area (Å²) in [6.45, 7) is 0. The largest absolute Gasteiger partial charge is 0.454 e. The van der Waals surface area contributed by atoms with E-state index in [1.165, 1.54) is 6.07 Å². The van der Waals surface area contributed by atoms with Crippen LogP contribution in [0.5, 0.6) is 0 Å². The van der Waals surface area contributed by atoms with Gasteiger partial charge in [-0.1, -0.05) is 12.1 Å². The Hall–Kier alpha value is -2.88. The van der Waals surface area contributed by atoms with Crippen molar-refractivity contribution in [2.45, 2.75) is 0 Å². The molecule has 0 aliphatic carbocycles. The molecule has 3 aromatic heterocycles. The van der Waals surface area contributed by atoms with E-state index in [2.05, 4.69) is 4.98 Å². The second-order valence-electron chi connectivity index (χ2n) is 4.59. The van der Waals surface area contributed by atoms with E-state index in [-0.39, 0.29) is 5.43 Å². The predicted octanol–water partition coefficient (Wildman–Crippen LogP) is 3.11. The minimum Gasteiger partial charge on any atom is -0.454 e. The van der Waals surface area contributed by atoms with E-state index in [4.69, 9.17) is 4.42 Å². The Kier molecular flexibility index (Phi) is 2.23. The average Bonchev–Trinajstić information content (AvgIpc) is 2.94. The minimum absolute atomic E-state index is 0.0566. The van der Waals surface area contributed by atoms with Crippen molar-refractivity contribution in [3.63, 3.8) is 0 Å². The molecule has 0 aliphatic rings. The molecule has 0 fully saturated rings. The van der Waals surface area contributed by atoms with E-state index in [0.29, 0.717) is 22.4 Å². The summed E-state index contributed by atoms with van der Waals surface area (Å²) < 4.78 is 7.69. The predicted molar refractivity (Wildman–Crippen MR) is 76.7 cm³/mol. The van der Waals surface area contributed by atoms with Crippen LogP contribution in [0.3, 0.4) is 0 Å². The second-order valence-corrected chi connectivity index (χ2v) is 4.59. The number of para-hydroxylation sites is 1. The lowest BCUT2D eigenvalue weighted by atomic mass is 10.2. The summed E-state index contributed by atoms with van der Waals surface area (Å²) in [5.74, 6) is 0.484. The fourth-order valence-corrected chi connectivity index (χ4v) is 2.30. The zero-order chi connectivity index (χ0) is 13.5. The maximum Gasteiger partial charge on any atom is 0.193 e. The SMILES string of the molecule is O=c1cc(-c2cc3cccn3cn2)oc2ccccc12. The Morgan fingerprint density at radius 1 is 1.05 bits per heavy atom. The van der Waals surface area contributed by atoms with Gasteiger partial charge in [0.2, 0.25) is 0 Å². The van der Waals surface area contributed by atoms with Crippen LogP contribution >= 0.6 is 0 Å². The van der Waals surface area contributed by atoms with Gasteiger partial charge in [0, 0.05) is 17.8 Å². The molecule has 0 saturated heterocycles. The fourth-order valence-electron chi connectivity index (χ4n) is 2.30. The highest BCUT2D eigenvalue weighted by Gasteiger charge is 2.08. The van der Waals surface area contributed by atoms with Crippen molar-refractivity contribution in [3.05, 3.63) is 71.3 Å². The first-order valence-corrected chi connectivity index (χ1v) is 6.27. The lowest BCUT2D eigenvalue weighted by molar-refractivity contribution is 0.616. The molecule has 0 atom stereocenters. The fraction of sp³-hybridized carbons (Fsp3) is 0. The van der Waals surface area contributed by atoms with Gasteiger partial charge in [-0.05, 0) is 30.3 Å². The van der Waals surface area contributed by atoms with Crippen molar-refractivity contribution in [2.75, 3.05) is 0 Å². The molecule has 0 N–H and O–H groups in total. The van der Waals surface area contributed by atoms with Crippen LogP contribution in [0.1, 0.15) is 0 Å². The molecular weight excluding hydrogens is 252 g/mol. The van der Waals surface area contributed by atoms with Crippen molar-refractivity contribution in [3.8, 4) is 11.5 Å². The molecule has 4 heteroatoms. The van der Waals surface area contributed by atoms with Crippen molar-refractivity contribution >= 4 is 16.5 Å². The van der Waals surface area contributed by atoms with Crippen molar-refractivity contribution in [1.29, 1.82) is 0 Å². The molecule has 0 amide bonds. The number of rotatable bonds is 1. The molecule has 0 aliphatic heterocycles. The number of nitrogens with zero attached hydrogens (tertiary/aromatic N) is 2. The maximum atomic E-state index is 12.1. The molecule has 20 heavy (non-hydrogen) atoms. The number of hydrogen-bond donors (Lipinski definition) is 0. The molecule has 4 nitrogen and oxygen atoms in total. The number of aromatic nitrogens is 2. The van der Waals surface area contributed by atoms with E-state index in [9.17, 15) is 4.79 Å². The van der Waals surface area contributed by atoms with Crippen molar-refractivity contribution in [2.24, 2.45) is 0 Å². The highest BCUT2D eigenvalue weighted by Crippen LogP contribution is 2.21. The van der Waals surface area contributed by atoms with E-state index < -0.39 is 0 Å². The monoisotopic (exact) mass is 262 g/mol. The summed E-state index contributed by atoms with van der Waals surface area (Å²) in [5.41, 5.74) is 2.18. The van der Waals surface area contributed by atoms with Gasteiger partial charge in [0.15, 0.2) is 11.2 Å². The van der Waals surface area contributed by atoms with Crippen LogP contribution in [-0.2, 0) is 0 Å². The summed E-state index contributed by atoms with van der Waals surface area (Å²) in [7, 11) is 0. The van der Waals surface area contributed by atoms with Crippen LogP contribution in [0.4, 0.5) is 0 Å². The van der Waals surface area contributed by atoms with Crippen molar-refractivity contribution < 1.29 is 4.42 Å². The average molecular weight is 262 g/mol. The summed E-state index contributed by atoms with van der Waals surface area (Å²) in [6, 6.07) is 14.5. The van der Waals surface area contributed by atoms with Gasteiger partial charge in [-0.25, -0.2) is 4.98 Å². The number of fused-ring (bicyclic) bond motifs is 2. The molecule has 4 rings (SSSR count). The standard InChI is InChI=1S/C16H10N2O2/c19-14-9-16(20-15-6-2-1-5-12(14)15)13-8-11-4-3-7-18(11)10-17-13/h1-10H. The molecule has 0 saturated carbocycles. The summed E-state index contributed by atoms with van der Waals surface area (Å²) in [5, 5.41) is 0.583. The third-order valence-electron chi connectivity index (χ3n) is 3.30. The molecule has 96 valence electrons. The smallest absolute Gasteiger partial charge is 0.193 e. The molecule has 3 heterocycles. The van der Waals surface area contributed by atoms with Gasteiger partial charge in [0.1, 0.15) is 11.3 Å². The Balaban J connectivity index is 1.99. The van der Waals surface area contributed by atoms with Gasteiger partial charge in [0.05, 0.1) is 11.7 Å². The van der Waals surface area contributed by atoms with Gasteiger partial charge >= 0.3 is 0 Å². The lowest BCUT2D eigenvalue weighted by Gasteiger charge is -2.03. The van der Waals surface area contributed by atoms with Crippen LogP contribution in [0.25, 0.3) is 27.9 Å². The zero-order valence-corrected chi connectivity index (χ0v) is 10.5. The Morgan fingerprint density at radius 2 is 1.95 bits per heavy atom. The third-order valence-corrected chi connectivity index (χ3v) is 3.30. The van der Waals surface area contributed by atoms with Crippen LogP contribution in [-0.4, -0.2) is 9.38 Å². The maximum absolute atomic E-state index is 12.1. The van der Waals surface area contributed by atoms with E-state index in [1.807, 2.05) is 40.9 Å². The van der Waals surface area contributed by atoms with Gasteiger partial charge in [-0.3, -0.25) is 4.79 Å². The quantitative estimate of drug-likeness (QED) is 0.529. The molecule has 0 spiro atoms. The first kappa shape index (κ1) is 11.0. The number of hydrogen-bond acceptors (Lipinski definition) is 3. The molecular formula is C16H10N2O2. The summed E-state index contributed by atoms with van der Waals surface area (Å²) in [6.07, 6.45) is 3.63. The van der Waals surface area contributed by atoms with Gasteiger partial charge < -0.3 is 8.82 Å². The summed E-state index contributed by atoms with van der Waals surface area (Å²) in [4.78, 5) is 16.4.